The Morgan fingerprint density at radius 3 is 2.60 bits per heavy atom. The lowest BCUT2D eigenvalue weighted by molar-refractivity contribution is 0.290. The van der Waals surface area contributed by atoms with E-state index >= 15 is 0 Å². The standard InChI is InChI=1S/C19H23N5O/c1-13-5-7-17(8-6-13)24-10-9-18(23-24)25-11-14(2)22-19-15(3)16(4)20-12-21-19/h5-10,12,14H,11H2,1-4H3,(H,20,21,22). The molecule has 6 nitrogen and oxygen atoms in total. The van der Waals surface area contributed by atoms with Crippen LogP contribution in [0.2, 0.25) is 0 Å². The number of hydrogen-bond donors (Lipinski definition) is 1. The van der Waals surface area contributed by atoms with Gasteiger partial charge in [0.05, 0.1) is 11.7 Å². The number of ether oxygens (including phenoxy) is 1. The van der Waals surface area contributed by atoms with E-state index in [9.17, 15) is 0 Å². The summed E-state index contributed by atoms with van der Waals surface area (Å²) in [6.45, 7) is 8.59. The van der Waals surface area contributed by atoms with Gasteiger partial charge in [-0.15, -0.1) is 5.10 Å². The van der Waals surface area contributed by atoms with Crippen molar-refractivity contribution < 1.29 is 4.74 Å². The molecule has 0 amide bonds. The second kappa shape index (κ2) is 7.34. The van der Waals surface area contributed by atoms with Gasteiger partial charge in [0.1, 0.15) is 18.8 Å². The van der Waals surface area contributed by atoms with Crippen molar-refractivity contribution in [1.82, 2.24) is 19.7 Å². The molecule has 0 aliphatic carbocycles. The third-order valence-corrected chi connectivity index (χ3v) is 4.06. The summed E-state index contributed by atoms with van der Waals surface area (Å²) in [5.41, 5.74) is 4.27. The third kappa shape index (κ3) is 4.15. The van der Waals surface area contributed by atoms with Gasteiger partial charge in [0.15, 0.2) is 0 Å². The maximum absolute atomic E-state index is 5.80. The quantitative estimate of drug-likeness (QED) is 0.746. The van der Waals surface area contributed by atoms with E-state index < -0.39 is 0 Å². The van der Waals surface area contributed by atoms with Crippen LogP contribution >= 0.6 is 0 Å². The van der Waals surface area contributed by atoms with E-state index in [-0.39, 0.29) is 6.04 Å². The summed E-state index contributed by atoms with van der Waals surface area (Å²) in [5.74, 6) is 1.44. The molecule has 0 aliphatic rings. The Hall–Kier alpha value is -2.89. The van der Waals surface area contributed by atoms with Crippen molar-refractivity contribution in [1.29, 1.82) is 0 Å². The van der Waals surface area contributed by atoms with E-state index in [1.54, 1.807) is 6.33 Å². The Kier molecular flexibility index (Phi) is 4.97. The smallest absolute Gasteiger partial charge is 0.233 e. The number of nitrogens with one attached hydrogen (secondary N) is 1. The largest absolute Gasteiger partial charge is 0.474 e. The van der Waals surface area contributed by atoms with Gasteiger partial charge in [-0.3, -0.25) is 0 Å². The van der Waals surface area contributed by atoms with Crippen LogP contribution in [0.5, 0.6) is 5.88 Å². The summed E-state index contributed by atoms with van der Waals surface area (Å²) < 4.78 is 7.61. The van der Waals surface area contributed by atoms with Gasteiger partial charge in [0.2, 0.25) is 5.88 Å². The number of aryl methyl sites for hydroxylation is 2. The molecule has 1 aromatic carbocycles. The van der Waals surface area contributed by atoms with E-state index in [4.69, 9.17) is 4.74 Å². The molecular formula is C19H23N5O. The lowest BCUT2D eigenvalue weighted by Crippen LogP contribution is -2.25. The van der Waals surface area contributed by atoms with Gasteiger partial charge in [-0.1, -0.05) is 17.7 Å². The minimum atomic E-state index is 0.0949. The maximum atomic E-state index is 5.80. The summed E-state index contributed by atoms with van der Waals surface area (Å²) in [6, 6.07) is 10.2. The second-order valence-corrected chi connectivity index (χ2v) is 6.22. The molecule has 0 fully saturated rings. The minimum Gasteiger partial charge on any atom is -0.474 e. The summed E-state index contributed by atoms with van der Waals surface area (Å²) in [6.07, 6.45) is 3.47. The first-order valence-corrected chi connectivity index (χ1v) is 8.33. The molecule has 6 heteroatoms. The van der Waals surface area contributed by atoms with E-state index in [2.05, 4.69) is 39.4 Å². The van der Waals surface area contributed by atoms with Crippen molar-refractivity contribution in [3.05, 3.63) is 59.7 Å². The van der Waals surface area contributed by atoms with Gasteiger partial charge in [-0.25, -0.2) is 14.6 Å². The van der Waals surface area contributed by atoms with Gasteiger partial charge in [-0.05, 0) is 39.8 Å². The molecule has 0 saturated heterocycles. The first kappa shape index (κ1) is 17.0. The van der Waals surface area contributed by atoms with Gasteiger partial charge >= 0.3 is 0 Å². The molecule has 3 aromatic rings. The molecule has 130 valence electrons. The van der Waals surface area contributed by atoms with Crippen LogP contribution in [-0.2, 0) is 0 Å². The fourth-order valence-electron chi connectivity index (χ4n) is 2.39. The summed E-state index contributed by atoms with van der Waals surface area (Å²) in [7, 11) is 0. The van der Waals surface area contributed by atoms with E-state index in [1.807, 2.05) is 49.8 Å². The van der Waals surface area contributed by atoms with Crippen molar-refractivity contribution in [2.45, 2.75) is 33.7 Å². The highest BCUT2D eigenvalue weighted by Gasteiger charge is 2.09. The summed E-state index contributed by atoms with van der Waals surface area (Å²) in [4.78, 5) is 8.47. The van der Waals surface area contributed by atoms with Crippen molar-refractivity contribution in [2.24, 2.45) is 0 Å². The Balaban J connectivity index is 1.58. The van der Waals surface area contributed by atoms with Gasteiger partial charge < -0.3 is 10.1 Å². The zero-order valence-electron chi connectivity index (χ0n) is 15.0. The number of hydrogen-bond acceptors (Lipinski definition) is 5. The van der Waals surface area contributed by atoms with Crippen LogP contribution in [0.1, 0.15) is 23.7 Å². The van der Waals surface area contributed by atoms with Gasteiger partial charge in [0, 0.05) is 23.5 Å². The fourth-order valence-corrected chi connectivity index (χ4v) is 2.39. The van der Waals surface area contributed by atoms with Crippen LogP contribution in [0.15, 0.2) is 42.9 Å². The highest BCUT2D eigenvalue weighted by atomic mass is 16.5. The third-order valence-electron chi connectivity index (χ3n) is 4.06. The maximum Gasteiger partial charge on any atom is 0.233 e. The van der Waals surface area contributed by atoms with Crippen molar-refractivity contribution in [3.8, 4) is 11.6 Å². The molecule has 0 aliphatic heterocycles. The average molecular weight is 337 g/mol. The van der Waals surface area contributed by atoms with Crippen LogP contribution in [0.4, 0.5) is 5.82 Å². The highest BCUT2D eigenvalue weighted by molar-refractivity contribution is 5.45. The molecule has 3 rings (SSSR count). The van der Waals surface area contributed by atoms with Crippen LogP contribution < -0.4 is 10.1 Å². The van der Waals surface area contributed by atoms with Crippen molar-refractivity contribution >= 4 is 5.82 Å². The number of nitrogens with zero attached hydrogens (tertiary/aromatic N) is 4. The molecule has 1 unspecified atom stereocenters. The normalized spacial score (nSPS) is 12.0. The van der Waals surface area contributed by atoms with Crippen molar-refractivity contribution in [2.75, 3.05) is 11.9 Å². The molecule has 25 heavy (non-hydrogen) atoms. The van der Waals surface area contributed by atoms with Crippen LogP contribution in [0.3, 0.4) is 0 Å². The topological polar surface area (TPSA) is 64.9 Å². The van der Waals surface area contributed by atoms with Gasteiger partial charge in [0.25, 0.3) is 0 Å². The Morgan fingerprint density at radius 1 is 1.08 bits per heavy atom. The average Bonchev–Trinajstić information content (AvgIpc) is 3.07. The highest BCUT2D eigenvalue weighted by Crippen LogP contribution is 2.15. The van der Waals surface area contributed by atoms with E-state index in [0.717, 1.165) is 22.8 Å². The Labute approximate surface area is 147 Å². The van der Waals surface area contributed by atoms with Gasteiger partial charge in [-0.2, -0.15) is 0 Å². The molecule has 1 atom stereocenters. The molecule has 0 spiro atoms. The molecule has 2 heterocycles. The van der Waals surface area contributed by atoms with E-state index in [1.165, 1.54) is 5.56 Å². The number of rotatable bonds is 6. The fraction of sp³-hybridized carbons (Fsp3) is 0.316. The number of aromatic nitrogens is 4. The Bertz CT molecular complexity index is 841. The molecule has 0 radical (unpaired) electrons. The number of anilines is 1. The zero-order chi connectivity index (χ0) is 17.8. The minimum absolute atomic E-state index is 0.0949. The second-order valence-electron chi connectivity index (χ2n) is 6.22. The lowest BCUT2D eigenvalue weighted by Gasteiger charge is -2.16. The monoisotopic (exact) mass is 337 g/mol. The zero-order valence-corrected chi connectivity index (χ0v) is 15.0. The SMILES string of the molecule is Cc1ccc(-n2ccc(OCC(C)Nc3ncnc(C)c3C)n2)cc1. The summed E-state index contributed by atoms with van der Waals surface area (Å²) in [5, 5.41) is 7.82. The van der Waals surface area contributed by atoms with Crippen LogP contribution in [-0.4, -0.2) is 32.4 Å². The first-order valence-electron chi connectivity index (χ1n) is 8.33. The van der Waals surface area contributed by atoms with Crippen molar-refractivity contribution in [3.63, 3.8) is 0 Å². The first-order chi connectivity index (χ1) is 12.0. The number of benzene rings is 1. The predicted molar refractivity (Wildman–Crippen MR) is 98.4 cm³/mol. The molecule has 2 aromatic heterocycles. The molecular weight excluding hydrogens is 314 g/mol. The Morgan fingerprint density at radius 2 is 1.84 bits per heavy atom. The molecule has 1 N–H and O–H groups in total. The van der Waals surface area contributed by atoms with E-state index in [0.29, 0.717) is 12.5 Å². The predicted octanol–water partition coefficient (Wildman–Crippen LogP) is 3.47. The molecule has 0 saturated carbocycles. The van der Waals surface area contributed by atoms with Crippen LogP contribution in [0, 0.1) is 20.8 Å². The van der Waals surface area contributed by atoms with Crippen LogP contribution in [0.25, 0.3) is 5.69 Å². The lowest BCUT2D eigenvalue weighted by atomic mass is 10.2. The summed E-state index contributed by atoms with van der Waals surface area (Å²) >= 11 is 0. The molecule has 0 bridgehead atoms.